The van der Waals surface area contributed by atoms with Crippen LogP contribution in [-0.4, -0.2) is 65.9 Å². The van der Waals surface area contributed by atoms with E-state index in [0.717, 1.165) is 103 Å². The molecule has 1 amide bonds. The number of rotatable bonds is 44. The highest BCUT2D eigenvalue weighted by atomic mass is 16.6. The van der Waals surface area contributed by atoms with E-state index >= 15 is 0 Å². The minimum absolute atomic E-state index is 0.0283. The zero-order chi connectivity index (χ0) is 44.5. The summed E-state index contributed by atoms with van der Waals surface area (Å²) in [4.78, 5) is 39.4. The number of nitrogens with zero attached hydrogens (tertiary/aromatic N) is 1. The van der Waals surface area contributed by atoms with E-state index in [1.807, 2.05) is 20.8 Å². The first-order valence-corrected chi connectivity index (χ1v) is 26.1. The van der Waals surface area contributed by atoms with Gasteiger partial charge in [0, 0.05) is 19.4 Å². The predicted molar refractivity (Wildman–Crippen MR) is 255 cm³/mol. The van der Waals surface area contributed by atoms with E-state index in [1.54, 1.807) is 0 Å². The molecule has 0 aliphatic carbocycles. The third-order valence-electron chi connectivity index (χ3n) is 12.3. The molecule has 0 aromatic carbocycles. The first-order valence-electron chi connectivity index (χ1n) is 26.1. The van der Waals surface area contributed by atoms with E-state index in [1.165, 1.54) is 122 Å². The van der Waals surface area contributed by atoms with Crippen molar-refractivity contribution in [1.82, 2.24) is 10.2 Å². The molecular weight excluding hydrogens is 749 g/mol. The minimum Gasteiger partial charge on any atom is -0.481 e. The average molecular weight is 851 g/mol. The molecule has 0 rings (SSSR count). The molecule has 0 heterocycles. The number of esters is 1. The monoisotopic (exact) mass is 851 g/mol. The number of carbonyl (C=O) groups excluding carboxylic acids is 2. The van der Waals surface area contributed by atoms with Crippen LogP contribution >= 0.6 is 0 Å². The van der Waals surface area contributed by atoms with Gasteiger partial charge in [0.25, 0.3) is 0 Å². The van der Waals surface area contributed by atoms with Crippen molar-refractivity contribution in [2.24, 2.45) is 11.8 Å². The number of aliphatic carboxylic acids is 1. The normalized spacial score (nSPS) is 12.9. The predicted octanol–water partition coefficient (Wildman–Crippen LogP) is 15.4. The van der Waals surface area contributed by atoms with Crippen LogP contribution in [0.1, 0.15) is 267 Å². The lowest BCUT2D eigenvalue weighted by Gasteiger charge is -2.27. The summed E-state index contributed by atoms with van der Waals surface area (Å²) in [5.41, 5.74) is -0.506. The van der Waals surface area contributed by atoms with Gasteiger partial charge in [-0.05, 0) is 104 Å². The van der Waals surface area contributed by atoms with Gasteiger partial charge in [0.1, 0.15) is 11.7 Å². The number of alkyl carbamates (subject to hydrolysis) is 1. The Balaban J connectivity index is 4.96. The van der Waals surface area contributed by atoms with Gasteiger partial charge in [-0.25, -0.2) is 4.79 Å². The first-order chi connectivity index (χ1) is 28.9. The average Bonchev–Trinajstić information content (AvgIpc) is 3.19. The third kappa shape index (κ3) is 39.0. The zero-order valence-corrected chi connectivity index (χ0v) is 41.0. The van der Waals surface area contributed by atoms with E-state index in [9.17, 15) is 19.5 Å². The van der Waals surface area contributed by atoms with Crippen LogP contribution in [0.4, 0.5) is 4.79 Å². The molecule has 2 atom stereocenters. The second-order valence-electron chi connectivity index (χ2n) is 19.3. The van der Waals surface area contributed by atoms with Gasteiger partial charge in [0.2, 0.25) is 0 Å². The van der Waals surface area contributed by atoms with Gasteiger partial charge < -0.3 is 24.8 Å². The summed E-state index contributed by atoms with van der Waals surface area (Å²) in [5.74, 6) is 0.149. The fourth-order valence-electron chi connectivity index (χ4n) is 8.66. The number of nitrogens with one attached hydrogen (secondary N) is 1. The Kier molecular flexibility index (Phi) is 39.9. The van der Waals surface area contributed by atoms with Crippen LogP contribution < -0.4 is 5.32 Å². The van der Waals surface area contributed by atoms with Gasteiger partial charge in [0.15, 0.2) is 0 Å². The molecule has 8 heteroatoms. The van der Waals surface area contributed by atoms with Crippen molar-refractivity contribution in [1.29, 1.82) is 0 Å². The number of carboxylic acid groups (broad SMARTS) is 1. The van der Waals surface area contributed by atoms with E-state index in [-0.39, 0.29) is 24.1 Å². The molecule has 0 fully saturated rings. The highest BCUT2D eigenvalue weighted by Crippen LogP contribution is 2.32. The molecule has 0 radical (unpaired) electrons. The highest BCUT2D eigenvalue weighted by molar-refractivity contribution is 5.69. The van der Waals surface area contributed by atoms with Crippen LogP contribution in [0.3, 0.4) is 0 Å². The second kappa shape index (κ2) is 41.2. The van der Waals surface area contributed by atoms with Gasteiger partial charge in [0.05, 0.1) is 0 Å². The minimum atomic E-state index is -0.633. The standard InChI is InChI=1S/C52H102N2O6/c1-8-12-15-18-22-28-36-46(37-29-23-19-16-13-9-2)47(45-49(55)56)38-30-27-34-43-54(44-35-41-53-51(58)60-52(5,6)7)42-33-26-21-25-32-40-50(57)59-48(11-4)39-31-24-20-17-14-10-3/h46-48H,8-45H2,1-7H3,(H,53,58)(H,55,56). The Hall–Kier alpha value is -1.83. The molecule has 2 unspecified atom stereocenters. The third-order valence-corrected chi connectivity index (χ3v) is 12.3. The van der Waals surface area contributed by atoms with Gasteiger partial charge >= 0.3 is 18.0 Å². The molecule has 2 N–H and O–H groups in total. The number of amides is 1. The van der Waals surface area contributed by atoms with E-state index < -0.39 is 11.6 Å². The van der Waals surface area contributed by atoms with Crippen molar-refractivity contribution < 1.29 is 29.0 Å². The van der Waals surface area contributed by atoms with Gasteiger partial charge in [-0.1, -0.05) is 182 Å². The van der Waals surface area contributed by atoms with Crippen molar-refractivity contribution in [3.63, 3.8) is 0 Å². The Morgan fingerprint density at radius 2 is 0.950 bits per heavy atom. The number of hydrogen-bond acceptors (Lipinski definition) is 6. The number of carboxylic acids is 1. The molecule has 0 saturated carbocycles. The smallest absolute Gasteiger partial charge is 0.407 e. The van der Waals surface area contributed by atoms with Crippen LogP contribution in [0.5, 0.6) is 0 Å². The van der Waals surface area contributed by atoms with Crippen LogP contribution in [0, 0.1) is 11.8 Å². The van der Waals surface area contributed by atoms with Crippen LogP contribution in [-0.2, 0) is 19.1 Å². The molecule has 8 nitrogen and oxygen atoms in total. The molecule has 0 aromatic heterocycles. The van der Waals surface area contributed by atoms with Crippen LogP contribution in [0.2, 0.25) is 0 Å². The van der Waals surface area contributed by atoms with Crippen molar-refractivity contribution >= 4 is 18.0 Å². The van der Waals surface area contributed by atoms with Gasteiger partial charge in [-0.3, -0.25) is 9.59 Å². The Morgan fingerprint density at radius 3 is 1.43 bits per heavy atom. The van der Waals surface area contributed by atoms with E-state index in [2.05, 4.69) is 37.9 Å². The highest BCUT2D eigenvalue weighted by Gasteiger charge is 2.24. The first kappa shape index (κ1) is 58.2. The SMILES string of the molecule is CCCCCCCCC(CC)OC(=O)CCCCCCCN(CCCCCC(CC(=O)O)C(CCCCCCCC)CCCCCCCC)CCCNC(=O)OC(C)(C)C. The van der Waals surface area contributed by atoms with E-state index in [0.29, 0.717) is 25.3 Å². The summed E-state index contributed by atoms with van der Waals surface area (Å²) in [6.07, 6.45) is 38.5. The molecular formula is C52H102N2O6. The number of ether oxygens (including phenoxy) is 2. The fraction of sp³-hybridized carbons (Fsp3) is 0.942. The van der Waals surface area contributed by atoms with Gasteiger partial charge in [-0.15, -0.1) is 0 Å². The van der Waals surface area contributed by atoms with Crippen molar-refractivity contribution in [3.8, 4) is 0 Å². The van der Waals surface area contributed by atoms with Crippen LogP contribution in [0.25, 0.3) is 0 Å². The topological polar surface area (TPSA) is 105 Å². The van der Waals surface area contributed by atoms with Crippen molar-refractivity contribution in [3.05, 3.63) is 0 Å². The fourth-order valence-corrected chi connectivity index (χ4v) is 8.66. The second-order valence-corrected chi connectivity index (χ2v) is 19.3. The summed E-state index contributed by atoms with van der Waals surface area (Å²) >= 11 is 0. The lowest BCUT2D eigenvalue weighted by Crippen LogP contribution is -2.35. The van der Waals surface area contributed by atoms with Crippen LogP contribution in [0.15, 0.2) is 0 Å². The number of unbranched alkanes of at least 4 members (excludes halogenated alkanes) is 21. The largest absolute Gasteiger partial charge is 0.481 e. The maximum Gasteiger partial charge on any atom is 0.407 e. The van der Waals surface area contributed by atoms with Crippen molar-refractivity contribution in [2.75, 3.05) is 26.2 Å². The van der Waals surface area contributed by atoms with Gasteiger partial charge in [-0.2, -0.15) is 0 Å². The summed E-state index contributed by atoms with van der Waals surface area (Å²) in [6.45, 7) is 18.1. The Morgan fingerprint density at radius 1 is 0.533 bits per heavy atom. The lowest BCUT2D eigenvalue weighted by molar-refractivity contribution is -0.149. The lowest BCUT2D eigenvalue weighted by atomic mass is 9.79. The molecule has 0 spiro atoms. The zero-order valence-electron chi connectivity index (χ0n) is 41.0. The Labute approximate surface area is 372 Å². The summed E-state index contributed by atoms with van der Waals surface area (Å²) < 4.78 is 11.3. The number of hydrogen-bond donors (Lipinski definition) is 2. The molecule has 60 heavy (non-hydrogen) atoms. The molecule has 356 valence electrons. The molecule has 0 aliphatic rings. The molecule has 0 saturated heterocycles. The maximum atomic E-state index is 12.5. The molecule has 0 aromatic rings. The summed E-state index contributed by atoms with van der Waals surface area (Å²) in [6, 6.07) is 0. The molecule has 0 bridgehead atoms. The number of carbonyl (C=O) groups is 3. The summed E-state index contributed by atoms with van der Waals surface area (Å²) in [5, 5.41) is 12.9. The quantitative estimate of drug-likeness (QED) is 0.0464. The van der Waals surface area contributed by atoms with E-state index in [4.69, 9.17) is 9.47 Å². The summed E-state index contributed by atoms with van der Waals surface area (Å²) in [7, 11) is 0. The Bertz CT molecular complexity index is 968. The maximum absolute atomic E-state index is 12.5. The van der Waals surface area contributed by atoms with Crippen molar-refractivity contribution in [2.45, 2.75) is 278 Å². The molecule has 0 aliphatic heterocycles.